The summed E-state index contributed by atoms with van der Waals surface area (Å²) in [5, 5.41) is 0. The molecule has 0 spiro atoms. The fourth-order valence-electron chi connectivity index (χ4n) is 4.09. The Morgan fingerprint density at radius 3 is 2.42 bits per heavy atom. The van der Waals surface area contributed by atoms with E-state index in [0.717, 1.165) is 6.42 Å². The van der Waals surface area contributed by atoms with Gasteiger partial charge in [0.05, 0.1) is 0 Å². The maximum absolute atomic E-state index is 2.40. The van der Waals surface area contributed by atoms with Crippen LogP contribution < -0.4 is 4.90 Å². The van der Waals surface area contributed by atoms with E-state index >= 15 is 0 Å². The molecule has 3 rings (SSSR count). The van der Waals surface area contributed by atoms with Crippen LogP contribution in [0.2, 0.25) is 0 Å². The summed E-state index contributed by atoms with van der Waals surface area (Å²) in [6.45, 7) is 7.03. The molecular weight excluding hydrogens is 316 g/mol. The molecule has 0 atom stereocenters. The molecule has 0 amide bonds. The van der Waals surface area contributed by atoms with Crippen LogP contribution in [0.4, 0.5) is 5.69 Å². The molecule has 2 aliphatic rings. The van der Waals surface area contributed by atoms with Crippen molar-refractivity contribution in [2.24, 2.45) is 0 Å². The zero-order valence-electron chi connectivity index (χ0n) is 17.5. The average molecular weight is 350 g/mol. The number of rotatable bonds is 4. The minimum atomic E-state index is -0.00157. The highest BCUT2D eigenvalue weighted by molar-refractivity contribution is 6.05. The normalized spacial score (nSPS) is 17.7. The van der Waals surface area contributed by atoms with Crippen LogP contribution in [0.3, 0.4) is 0 Å². The fraction of sp³-hybridized carbons (Fsp3) is 0.458. The van der Waals surface area contributed by atoms with Gasteiger partial charge in [-0.1, -0.05) is 33.3 Å². The van der Waals surface area contributed by atoms with Crippen molar-refractivity contribution in [1.82, 2.24) is 0 Å². The summed E-state index contributed by atoms with van der Waals surface area (Å²) in [5.74, 6) is 0. The lowest BCUT2D eigenvalue weighted by atomic mass is 9.64. The molecule has 26 heavy (non-hydrogen) atoms. The lowest BCUT2D eigenvalue weighted by Gasteiger charge is -2.39. The van der Waals surface area contributed by atoms with Crippen LogP contribution in [-0.4, -0.2) is 38.5 Å². The maximum atomic E-state index is 2.40. The number of allylic oxidation sites excluding steroid dienone is 6. The highest BCUT2D eigenvalue weighted by Crippen LogP contribution is 2.49. The summed E-state index contributed by atoms with van der Waals surface area (Å²) in [6.07, 6.45) is 10.6. The summed E-state index contributed by atoms with van der Waals surface area (Å²) in [5.41, 5.74) is 9.87. The fourth-order valence-corrected chi connectivity index (χ4v) is 4.09. The Morgan fingerprint density at radius 2 is 1.81 bits per heavy atom. The molecule has 0 bridgehead atoms. The minimum Gasteiger partial charge on any atom is -0.378 e. The number of anilines is 1. The van der Waals surface area contributed by atoms with Gasteiger partial charge in [-0.2, -0.15) is 0 Å². The molecule has 1 aromatic carbocycles. The van der Waals surface area contributed by atoms with Gasteiger partial charge >= 0.3 is 0 Å². The lowest BCUT2D eigenvalue weighted by molar-refractivity contribution is -0.462. The third kappa shape index (κ3) is 3.06. The van der Waals surface area contributed by atoms with Crippen molar-refractivity contribution < 1.29 is 4.58 Å². The van der Waals surface area contributed by atoms with Crippen molar-refractivity contribution in [2.45, 2.75) is 45.4 Å². The molecule has 0 fully saturated rings. The van der Waals surface area contributed by atoms with E-state index in [1.165, 1.54) is 52.1 Å². The second-order valence-corrected chi connectivity index (χ2v) is 8.46. The molecule has 2 aliphatic carbocycles. The zero-order chi connectivity index (χ0) is 19.1. The Morgan fingerprint density at radius 1 is 1.08 bits per heavy atom. The maximum Gasteiger partial charge on any atom is 0.199 e. The van der Waals surface area contributed by atoms with Gasteiger partial charge in [0.25, 0.3) is 0 Å². The van der Waals surface area contributed by atoms with Gasteiger partial charge in [-0.3, -0.25) is 0 Å². The van der Waals surface area contributed by atoms with Gasteiger partial charge in [0.2, 0.25) is 0 Å². The van der Waals surface area contributed by atoms with Gasteiger partial charge < -0.3 is 4.90 Å². The Hall–Kier alpha value is -2.09. The molecule has 0 unspecified atom stereocenters. The summed E-state index contributed by atoms with van der Waals surface area (Å²) >= 11 is 0. The van der Waals surface area contributed by atoms with Crippen LogP contribution in [0.25, 0.3) is 5.57 Å². The molecule has 0 radical (unpaired) electrons. The van der Waals surface area contributed by atoms with E-state index in [1.807, 2.05) is 0 Å². The van der Waals surface area contributed by atoms with E-state index in [2.05, 4.69) is 94.9 Å². The summed E-state index contributed by atoms with van der Waals surface area (Å²) in [7, 11) is 8.49. The third-order valence-electron chi connectivity index (χ3n) is 5.82. The van der Waals surface area contributed by atoms with E-state index in [4.69, 9.17) is 0 Å². The SMILES string of the molecule is CCCCC1=C2C=CC(=[N+](C)C)C=C2C(C)(C)c2cc(N(C)C)ccc21. The molecule has 0 aliphatic heterocycles. The summed E-state index contributed by atoms with van der Waals surface area (Å²) in [6, 6.07) is 7.01. The molecule has 0 saturated heterocycles. The van der Waals surface area contributed by atoms with E-state index in [1.54, 1.807) is 0 Å². The monoisotopic (exact) mass is 349 g/mol. The number of nitrogens with zero attached hydrogens (tertiary/aromatic N) is 2. The Balaban J connectivity index is 2.28. The number of hydrogen-bond donors (Lipinski definition) is 0. The lowest BCUT2D eigenvalue weighted by Crippen LogP contribution is -2.30. The van der Waals surface area contributed by atoms with E-state index in [0.29, 0.717) is 0 Å². The molecule has 2 nitrogen and oxygen atoms in total. The number of benzene rings is 1. The second kappa shape index (κ2) is 6.90. The molecule has 1 aromatic rings. The number of hydrogen-bond acceptors (Lipinski definition) is 1. The molecule has 0 saturated carbocycles. The van der Waals surface area contributed by atoms with Crippen LogP contribution in [0.15, 0.2) is 47.6 Å². The second-order valence-electron chi connectivity index (χ2n) is 8.46. The highest BCUT2D eigenvalue weighted by Gasteiger charge is 2.37. The van der Waals surface area contributed by atoms with E-state index in [-0.39, 0.29) is 5.41 Å². The van der Waals surface area contributed by atoms with Crippen molar-refractivity contribution in [3.8, 4) is 0 Å². The van der Waals surface area contributed by atoms with Crippen molar-refractivity contribution in [3.05, 3.63) is 58.7 Å². The largest absolute Gasteiger partial charge is 0.378 e. The topological polar surface area (TPSA) is 6.25 Å². The van der Waals surface area contributed by atoms with E-state index in [9.17, 15) is 0 Å². The van der Waals surface area contributed by atoms with Crippen molar-refractivity contribution in [2.75, 3.05) is 33.1 Å². The van der Waals surface area contributed by atoms with Crippen LogP contribution in [0, 0.1) is 0 Å². The van der Waals surface area contributed by atoms with Crippen LogP contribution >= 0.6 is 0 Å². The van der Waals surface area contributed by atoms with Gasteiger partial charge in [0, 0.05) is 37.3 Å². The molecule has 0 N–H and O–H groups in total. The van der Waals surface area contributed by atoms with Crippen LogP contribution in [-0.2, 0) is 5.41 Å². The van der Waals surface area contributed by atoms with Gasteiger partial charge in [0.1, 0.15) is 14.1 Å². The van der Waals surface area contributed by atoms with Crippen molar-refractivity contribution in [1.29, 1.82) is 0 Å². The Labute approximate surface area is 159 Å². The summed E-state index contributed by atoms with van der Waals surface area (Å²) in [4.78, 5) is 2.20. The van der Waals surface area contributed by atoms with Crippen LogP contribution in [0.5, 0.6) is 0 Å². The first kappa shape index (κ1) is 18.7. The summed E-state index contributed by atoms with van der Waals surface area (Å²) < 4.78 is 2.20. The average Bonchev–Trinajstić information content (AvgIpc) is 2.61. The van der Waals surface area contributed by atoms with Gasteiger partial charge in [0.15, 0.2) is 5.71 Å². The zero-order valence-corrected chi connectivity index (χ0v) is 17.5. The Kier molecular flexibility index (Phi) is 4.96. The quantitative estimate of drug-likeness (QED) is 0.677. The Bertz CT molecular complexity index is 841. The molecular formula is C24H33N2+. The smallest absolute Gasteiger partial charge is 0.199 e. The molecule has 0 aromatic heterocycles. The van der Waals surface area contributed by atoms with Crippen LogP contribution in [0.1, 0.15) is 51.2 Å². The first-order chi connectivity index (χ1) is 12.3. The molecule has 138 valence electrons. The minimum absolute atomic E-state index is 0.00157. The molecule has 2 heteroatoms. The molecule has 0 heterocycles. The van der Waals surface area contributed by atoms with Gasteiger partial charge in [-0.15, -0.1) is 0 Å². The first-order valence-electron chi connectivity index (χ1n) is 9.77. The van der Waals surface area contributed by atoms with Gasteiger partial charge in [-0.25, -0.2) is 4.58 Å². The third-order valence-corrected chi connectivity index (χ3v) is 5.82. The van der Waals surface area contributed by atoms with Crippen molar-refractivity contribution >= 4 is 17.0 Å². The number of fused-ring (bicyclic) bond motifs is 2. The predicted octanol–water partition coefficient (Wildman–Crippen LogP) is 5.20. The predicted molar refractivity (Wildman–Crippen MR) is 115 cm³/mol. The van der Waals surface area contributed by atoms with Crippen molar-refractivity contribution in [3.63, 3.8) is 0 Å². The van der Waals surface area contributed by atoms with E-state index < -0.39 is 0 Å². The standard InChI is InChI=1S/C24H33N2/c1-8-9-10-19-20-13-11-17(25(4)5)15-22(20)24(2,3)23-16-18(26(6)7)12-14-21(19)23/h11-16H,8-10H2,1-7H3/q+1. The highest BCUT2D eigenvalue weighted by atomic mass is 15.1. The first-order valence-corrected chi connectivity index (χ1v) is 9.77. The number of unbranched alkanes of at least 4 members (excludes halogenated alkanes) is 1. The van der Waals surface area contributed by atoms with Gasteiger partial charge in [-0.05, 0) is 58.9 Å².